The van der Waals surface area contributed by atoms with Crippen LogP contribution in [-0.4, -0.2) is 35.9 Å². The van der Waals surface area contributed by atoms with Crippen LogP contribution in [0.3, 0.4) is 0 Å². The minimum atomic E-state index is -0.511. The summed E-state index contributed by atoms with van der Waals surface area (Å²) in [6.07, 6.45) is 0.374. The Balaban J connectivity index is 1.59. The molecule has 0 aliphatic heterocycles. The van der Waals surface area contributed by atoms with E-state index in [1.165, 1.54) is 5.56 Å². The van der Waals surface area contributed by atoms with Crippen molar-refractivity contribution in [3.05, 3.63) is 45.9 Å². The van der Waals surface area contributed by atoms with Crippen LogP contribution in [-0.2, 0) is 6.42 Å². The van der Waals surface area contributed by atoms with E-state index in [-0.39, 0.29) is 0 Å². The molecule has 0 aliphatic rings. The van der Waals surface area contributed by atoms with Crippen LogP contribution in [0, 0.1) is 13.8 Å². The summed E-state index contributed by atoms with van der Waals surface area (Å²) < 4.78 is 5.54. The molecule has 21 heavy (non-hydrogen) atoms. The van der Waals surface area contributed by atoms with Crippen molar-refractivity contribution in [1.29, 1.82) is 0 Å². The monoisotopic (exact) mass is 306 g/mol. The second kappa shape index (κ2) is 8.12. The molecule has 1 heterocycles. The lowest BCUT2D eigenvalue weighted by Gasteiger charge is -2.13. The van der Waals surface area contributed by atoms with E-state index in [9.17, 15) is 5.11 Å². The Morgan fingerprint density at radius 2 is 2.05 bits per heavy atom. The van der Waals surface area contributed by atoms with Crippen molar-refractivity contribution in [3.63, 3.8) is 0 Å². The third-order valence-corrected chi connectivity index (χ3v) is 3.89. The van der Waals surface area contributed by atoms with Gasteiger partial charge < -0.3 is 15.2 Å². The van der Waals surface area contributed by atoms with E-state index in [0.717, 1.165) is 29.4 Å². The number of benzene rings is 1. The largest absolute Gasteiger partial charge is 0.491 e. The summed E-state index contributed by atoms with van der Waals surface area (Å²) in [4.78, 5) is 4.40. The van der Waals surface area contributed by atoms with Crippen molar-refractivity contribution in [2.24, 2.45) is 0 Å². The average molecular weight is 306 g/mol. The van der Waals surface area contributed by atoms with Gasteiger partial charge in [0.25, 0.3) is 0 Å². The van der Waals surface area contributed by atoms with Crippen LogP contribution >= 0.6 is 11.3 Å². The zero-order valence-corrected chi connectivity index (χ0v) is 13.3. The maximum absolute atomic E-state index is 9.87. The highest BCUT2D eigenvalue weighted by atomic mass is 32.1. The normalized spacial score (nSPS) is 12.3. The Labute approximate surface area is 129 Å². The molecule has 2 aromatic rings. The smallest absolute Gasteiger partial charge is 0.119 e. The predicted octanol–water partition coefficient (Wildman–Crippen LogP) is 2.33. The SMILES string of the molecule is Cc1ccc(OCC(O)CNCCc2csc(C)n2)cc1. The zero-order chi connectivity index (χ0) is 15.1. The van der Waals surface area contributed by atoms with E-state index < -0.39 is 6.10 Å². The summed E-state index contributed by atoms with van der Waals surface area (Å²) in [6.45, 7) is 5.67. The maximum Gasteiger partial charge on any atom is 0.119 e. The van der Waals surface area contributed by atoms with Crippen LogP contribution in [0.25, 0.3) is 0 Å². The van der Waals surface area contributed by atoms with Crippen molar-refractivity contribution in [1.82, 2.24) is 10.3 Å². The highest BCUT2D eigenvalue weighted by Gasteiger charge is 2.05. The number of thiazole rings is 1. The second-order valence-electron chi connectivity index (χ2n) is 5.09. The Kier molecular flexibility index (Phi) is 6.17. The van der Waals surface area contributed by atoms with Crippen molar-refractivity contribution >= 4 is 11.3 Å². The molecule has 0 aliphatic carbocycles. The van der Waals surface area contributed by atoms with Gasteiger partial charge in [-0.3, -0.25) is 0 Å². The summed E-state index contributed by atoms with van der Waals surface area (Å²) in [5.41, 5.74) is 2.30. The predicted molar refractivity (Wildman–Crippen MR) is 86.1 cm³/mol. The molecule has 0 amide bonds. The van der Waals surface area contributed by atoms with Gasteiger partial charge in [-0.15, -0.1) is 11.3 Å². The molecule has 2 rings (SSSR count). The van der Waals surface area contributed by atoms with Gasteiger partial charge in [0.2, 0.25) is 0 Å². The average Bonchev–Trinajstić information content (AvgIpc) is 2.89. The fourth-order valence-electron chi connectivity index (χ4n) is 1.89. The number of nitrogens with zero attached hydrogens (tertiary/aromatic N) is 1. The fourth-order valence-corrected chi connectivity index (χ4v) is 2.54. The number of rotatable bonds is 8. The van der Waals surface area contributed by atoms with Gasteiger partial charge in [-0.05, 0) is 26.0 Å². The first-order chi connectivity index (χ1) is 10.1. The number of aromatic nitrogens is 1. The van der Waals surface area contributed by atoms with Gasteiger partial charge in [-0.25, -0.2) is 4.98 Å². The van der Waals surface area contributed by atoms with E-state index >= 15 is 0 Å². The number of nitrogens with one attached hydrogen (secondary N) is 1. The first-order valence-corrected chi connectivity index (χ1v) is 8.00. The number of hydrogen-bond donors (Lipinski definition) is 2. The molecule has 0 saturated carbocycles. The van der Waals surface area contributed by atoms with Crippen LogP contribution in [0.2, 0.25) is 0 Å². The number of hydrogen-bond acceptors (Lipinski definition) is 5. The number of ether oxygens (including phenoxy) is 1. The molecular formula is C16H22N2O2S. The summed E-state index contributed by atoms with van der Waals surface area (Å²) >= 11 is 1.67. The molecule has 0 bridgehead atoms. The zero-order valence-electron chi connectivity index (χ0n) is 12.5. The van der Waals surface area contributed by atoms with Gasteiger partial charge in [0.15, 0.2) is 0 Å². The van der Waals surface area contributed by atoms with Gasteiger partial charge in [0.05, 0.1) is 10.7 Å². The van der Waals surface area contributed by atoms with Gasteiger partial charge in [0.1, 0.15) is 18.5 Å². The molecule has 2 N–H and O–H groups in total. The molecule has 1 atom stereocenters. The Morgan fingerprint density at radius 1 is 1.29 bits per heavy atom. The lowest BCUT2D eigenvalue weighted by Crippen LogP contribution is -2.32. The second-order valence-corrected chi connectivity index (χ2v) is 6.15. The lowest BCUT2D eigenvalue weighted by molar-refractivity contribution is 0.106. The molecule has 0 spiro atoms. The summed E-state index contributed by atoms with van der Waals surface area (Å²) in [5.74, 6) is 0.789. The molecule has 4 nitrogen and oxygen atoms in total. The van der Waals surface area contributed by atoms with Crippen LogP contribution in [0.4, 0.5) is 0 Å². The van der Waals surface area contributed by atoms with Crippen LogP contribution in [0.15, 0.2) is 29.6 Å². The molecular weight excluding hydrogens is 284 g/mol. The van der Waals surface area contributed by atoms with Crippen molar-refractivity contribution in [2.45, 2.75) is 26.4 Å². The van der Waals surface area contributed by atoms with Crippen LogP contribution in [0.1, 0.15) is 16.3 Å². The molecule has 1 aromatic heterocycles. The molecule has 5 heteroatoms. The molecule has 0 fully saturated rings. The Bertz CT molecular complexity index is 539. The Hall–Kier alpha value is -1.43. The standard InChI is InChI=1S/C16H22N2O2S/c1-12-3-5-16(6-4-12)20-10-15(19)9-17-8-7-14-11-21-13(2)18-14/h3-6,11,15,17,19H,7-10H2,1-2H3. The van der Waals surface area contributed by atoms with E-state index in [1.807, 2.05) is 38.1 Å². The van der Waals surface area contributed by atoms with Crippen molar-refractivity contribution in [3.8, 4) is 5.75 Å². The third-order valence-electron chi connectivity index (χ3n) is 3.07. The van der Waals surface area contributed by atoms with Crippen molar-refractivity contribution < 1.29 is 9.84 Å². The summed E-state index contributed by atoms with van der Waals surface area (Å²) in [6, 6.07) is 7.83. The minimum Gasteiger partial charge on any atom is -0.491 e. The highest BCUT2D eigenvalue weighted by molar-refractivity contribution is 7.09. The first kappa shape index (κ1) is 15.9. The van der Waals surface area contributed by atoms with Crippen LogP contribution in [0.5, 0.6) is 5.75 Å². The van der Waals surface area contributed by atoms with Crippen molar-refractivity contribution in [2.75, 3.05) is 19.7 Å². The first-order valence-electron chi connectivity index (χ1n) is 7.13. The van der Waals surface area contributed by atoms with E-state index in [1.54, 1.807) is 11.3 Å². The quantitative estimate of drug-likeness (QED) is 0.735. The third kappa shape index (κ3) is 5.83. The molecule has 114 valence electrons. The number of aliphatic hydroxyl groups is 1. The lowest BCUT2D eigenvalue weighted by atomic mass is 10.2. The minimum absolute atomic E-state index is 0.297. The topological polar surface area (TPSA) is 54.4 Å². The molecule has 0 radical (unpaired) electrons. The molecule has 0 saturated heterocycles. The summed E-state index contributed by atoms with van der Waals surface area (Å²) in [5, 5.41) is 16.3. The number of aryl methyl sites for hydroxylation is 2. The fraction of sp³-hybridized carbons (Fsp3) is 0.438. The maximum atomic E-state index is 9.87. The number of aliphatic hydroxyl groups excluding tert-OH is 1. The van der Waals surface area contributed by atoms with Crippen LogP contribution < -0.4 is 10.1 Å². The Morgan fingerprint density at radius 3 is 2.71 bits per heavy atom. The van der Waals surface area contributed by atoms with E-state index in [2.05, 4.69) is 15.7 Å². The van der Waals surface area contributed by atoms with E-state index in [0.29, 0.717) is 13.2 Å². The summed E-state index contributed by atoms with van der Waals surface area (Å²) in [7, 11) is 0. The van der Waals surface area contributed by atoms with Gasteiger partial charge in [-0.2, -0.15) is 0 Å². The van der Waals surface area contributed by atoms with Gasteiger partial charge in [0, 0.05) is 24.9 Å². The van der Waals surface area contributed by atoms with E-state index in [4.69, 9.17) is 4.74 Å². The highest BCUT2D eigenvalue weighted by Crippen LogP contribution is 2.11. The molecule has 1 unspecified atom stereocenters. The van der Waals surface area contributed by atoms with Gasteiger partial charge >= 0.3 is 0 Å². The van der Waals surface area contributed by atoms with Gasteiger partial charge in [-0.1, -0.05) is 17.7 Å². The molecule has 1 aromatic carbocycles.